The molecule has 2 N–H and O–H groups in total. The number of esters is 1. The molecule has 2 amide bonds. The van der Waals surface area contributed by atoms with E-state index in [2.05, 4.69) is 17.2 Å². The van der Waals surface area contributed by atoms with Gasteiger partial charge in [-0.15, -0.1) is 6.58 Å². The summed E-state index contributed by atoms with van der Waals surface area (Å²) >= 11 is 0. The van der Waals surface area contributed by atoms with Crippen molar-refractivity contribution >= 4 is 17.8 Å². The minimum Gasteiger partial charge on any atom is -0.458 e. The van der Waals surface area contributed by atoms with Crippen LogP contribution in [-0.2, 0) is 19.1 Å². The van der Waals surface area contributed by atoms with Crippen LogP contribution < -0.4 is 10.6 Å². The number of fused-ring (bicyclic) bond motifs is 3. The van der Waals surface area contributed by atoms with E-state index in [0.29, 0.717) is 12.1 Å². The Kier molecular flexibility index (Phi) is 7.73. The van der Waals surface area contributed by atoms with E-state index in [1.165, 1.54) is 0 Å². The Balaban J connectivity index is 1.42. The average Bonchev–Trinajstić information content (AvgIpc) is 3.22. The maximum atomic E-state index is 12.8. The molecule has 0 radical (unpaired) electrons. The SMILES string of the molecule is C=CCCCNC(=O)C(NC(=O)C(=O)OCC1c2ccccc2-c2ccccc21)c1ccccc1. The molecular weight excluding hydrogens is 440 g/mol. The molecule has 1 atom stereocenters. The van der Waals surface area contributed by atoms with Crippen molar-refractivity contribution in [2.75, 3.05) is 13.2 Å². The Morgan fingerprint density at radius 2 is 1.49 bits per heavy atom. The van der Waals surface area contributed by atoms with Gasteiger partial charge in [0, 0.05) is 12.5 Å². The third-order valence-electron chi connectivity index (χ3n) is 6.08. The maximum absolute atomic E-state index is 12.8. The van der Waals surface area contributed by atoms with E-state index in [1.807, 2.05) is 54.6 Å². The lowest BCUT2D eigenvalue weighted by Gasteiger charge is -2.19. The fraction of sp³-hybridized carbons (Fsp3) is 0.207. The molecule has 0 saturated carbocycles. The molecule has 0 aromatic heterocycles. The van der Waals surface area contributed by atoms with Gasteiger partial charge in [-0.05, 0) is 40.7 Å². The number of allylic oxidation sites excluding steroid dienone is 1. The normalized spacial score (nSPS) is 12.7. The lowest BCUT2D eigenvalue weighted by Crippen LogP contribution is -2.43. The van der Waals surface area contributed by atoms with Gasteiger partial charge in [-0.25, -0.2) is 4.79 Å². The standard InChI is InChI=1S/C29H28N2O4/c1-2-3-11-18-30-27(32)26(20-12-5-4-6-13-20)31-28(33)29(34)35-19-25-23-16-9-7-14-21(23)22-15-8-10-17-24(22)25/h2,4-10,12-17,25-26H,1,3,11,18-19H2,(H,30,32)(H,31,33). The fourth-order valence-electron chi connectivity index (χ4n) is 4.36. The molecule has 178 valence electrons. The second-order valence-corrected chi connectivity index (χ2v) is 8.36. The maximum Gasteiger partial charge on any atom is 0.396 e. The molecular formula is C29H28N2O4. The predicted octanol–water partition coefficient (Wildman–Crippen LogP) is 4.28. The van der Waals surface area contributed by atoms with Gasteiger partial charge >= 0.3 is 11.9 Å². The molecule has 0 saturated heterocycles. The van der Waals surface area contributed by atoms with Crippen LogP contribution in [0.25, 0.3) is 11.1 Å². The largest absolute Gasteiger partial charge is 0.458 e. The number of ether oxygens (including phenoxy) is 1. The number of amides is 2. The summed E-state index contributed by atoms with van der Waals surface area (Å²) in [6.45, 7) is 4.14. The summed E-state index contributed by atoms with van der Waals surface area (Å²) in [4.78, 5) is 38.2. The summed E-state index contributed by atoms with van der Waals surface area (Å²) in [7, 11) is 0. The van der Waals surface area contributed by atoms with E-state index in [1.54, 1.807) is 30.3 Å². The number of carbonyl (C=O) groups is 3. The molecule has 3 aromatic carbocycles. The first-order chi connectivity index (χ1) is 17.1. The van der Waals surface area contributed by atoms with Crippen molar-refractivity contribution in [3.8, 4) is 11.1 Å². The molecule has 1 aliphatic rings. The van der Waals surface area contributed by atoms with Crippen molar-refractivity contribution in [3.63, 3.8) is 0 Å². The van der Waals surface area contributed by atoms with Crippen LogP contribution in [0.15, 0.2) is 91.5 Å². The molecule has 0 heterocycles. The van der Waals surface area contributed by atoms with E-state index < -0.39 is 17.9 Å². The average molecular weight is 469 g/mol. The molecule has 35 heavy (non-hydrogen) atoms. The zero-order chi connectivity index (χ0) is 24.6. The number of nitrogens with one attached hydrogen (secondary N) is 2. The van der Waals surface area contributed by atoms with Gasteiger partial charge in [0.15, 0.2) is 0 Å². The molecule has 6 heteroatoms. The Labute approximate surface area is 205 Å². The lowest BCUT2D eigenvalue weighted by atomic mass is 9.98. The van der Waals surface area contributed by atoms with Crippen LogP contribution in [0.3, 0.4) is 0 Å². The fourth-order valence-corrected chi connectivity index (χ4v) is 4.36. The highest BCUT2D eigenvalue weighted by Crippen LogP contribution is 2.44. The van der Waals surface area contributed by atoms with E-state index in [-0.39, 0.29) is 18.4 Å². The van der Waals surface area contributed by atoms with Crippen LogP contribution in [0, 0.1) is 0 Å². The summed E-state index contributed by atoms with van der Waals surface area (Å²) in [6, 6.07) is 23.8. The zero-order valence-electron chi connectivity index (χ0n) is 19.4. The molecule has 0 aliphatic heterocycles. The minimum atomic E-state index is -1.02. The van der Waals surface area contributed by atoms with E-state index in [9.17, 15) is 14.4 Å². The Hall–Kier alpha value is -4.19. The summed E-state index contributed by atoms with van der Waals surface area (Å²) in [5.74, 6) is -2.52. The van der Waals surface area contributed by atoms with Crippen molar-refractivity contribution in [3.05, 3.63) is 108 Å². The number of unbranched alkanes of at least 4 members (excludes halogenated alkanes) is 1. The molecule has 3 aromatic rings. The van der Waals surface area contributed by atoms with Gasteiger partial charge in [0.1, 0.15) is 12.6 Å². The van der Waals surface area contributed by atoms with Crippen molar-refractivity contribution in [2.24, 2.45) is 0 Å². The van der Waals surface area contributed by atoms with Crippen molar-refractivity contribution in [1.29, 1.82) is 0 Å². The monoisotopic (exact) mass is 468 g/mol. The van der Waals surface area contributed by atoms with Crippen molar-refractivity contribution < 1.29 is 19.1 Å². The first-order valence-corrected chi connectivity index (χ1v) is 11.7. The predicted molar refractivity (Wildman–Crippen MR) is 134 cm³/mol. The molecule has 6 nitrogen and oxygen atoms in total. The van der Waals surface area contributed by atoms with Crippen molar-refractivity contribution in [2.45, 2.75) is 24.8 Å². The Morgan fingerprint density at radius 3 is 2.11 bits per heavy atom. The quantitative estimate of drug-likeness (QED) is 0.212. The van der Waals surface area contributed by atoms with Crippen LogP contribution in [-0.4, -0.2) is 30.9 Å². The van der Waals surface area contributed by atoms with Crippen LogP contribution in [0.2, 0.25) is 0 Å². The van der Waals surface area contributed by atoms with Crippen molar-refractivity contribution in [1.82, 2.24) is 10.6 Å². The molecule has 1 unspecified atom stereocenters. The highest BCUT2D eigenvalue weighted by atomic mass is 16.5. The Bertz CT molecular complexity index is 1180. The number of hydrogen-bond acceptors (Lipinski definition) is 4. The lowest BCUT2D eigenvalue weighted by molar-refractivity contribution is -0.155. The Morgan fingerprint density at radius 1 is 0.886 bits per heavy atom. The van der Waals surface area contributed by atoms with Crippen LogP contribution >= 0.6 is 0 Å². The number of benzene rings is 3. The number of carbonyl (C=O) groups excluding carboxylic acids is 3. The third kappa shape index (κ3) is 5.49. The van der Waals surface area contributed by atoms with Crippen LogP contribution in [0.4, 0.5) is 0 Å². The zero-order valence-corrected chi connectivity index (χ0v) is 19.4. The van der Waals surface area contributed by atoms with Gasteiger partial charge in [0.25, 0.3) is 0 Å². The van der Waals surface area contributed by atoms with Gasteiger partial charge in [-0.3, -0.25) is 9.59 Å². The number of hydrogen-bond donors (Lipinski definition) is 2. The van der Waals surface area contributed by atoms with Crippen LogP contribution in [0.1, 0.15) is 41.5 Å². The van der Waals surface area contributed by atoms with E-state index in [4.69, 9.17) is 4.74 Å². The van der Waals surface area contributed by atoms with Crippen LogP contribution in [0.5, 0.6) is 0 Å². The summed E-state index contributed by atoms with van der Waals surface area (Å²) in [5, 5.41) is 5.35. The first-order valence-electron chi connectivity index (χ1n) is 11.7. The molecule has 0 fully saturated rings. The minimum absolute atomic E-state index is 0.0318. The summed E-state index contributed by atoms with van der Waals surface area (Å²) < 4.78 is 5.44. The third-order valence-corrected chi connectivity index (χ3v) is 6.08. The second-order valence-electron chi connectivity index (χ2n) is 8.36. The van der Waals surface area contributed by atoms with E-state index >= 15 is 0 Å². The highest BCUT2D eigenvalue weighted by Gasteiger charge is 2.31. The smallest absolute Gasteiger partial charge is 0.396 e. The molecule has 0 spiro atoms. The van der Waals surface area contributed by atoms with E-state index in [0.717, 1.165) is 35.1 Å². The second kappa shape index (κ2) is 11.3. The van der Waals surface area contributed by atoms with Gasteiger partial charge < -0.3 is 15.4 Å². The van der Waals surface area contributed by atoms with Gasteiger partial charge in [-0.2, -0.15) is 0 Å². The topological polar surface area (TPSA) is 84.5 Å². The summed E-state index contributed by atoms with van der Waals surface area (Å²) in [6.07, 6.45) is 3.28. The van der Waals surface area contributed by atoms with Gasteiger partial charge in [0.2, 0.25) is 5.91 Å². The molecule has 4 rings (SSSR count). The first kappa shape index (κ1) is 24.0. The van der Waals surface area contributed by atoms with Gasteiger partial charge in [-0.1, -0.05) is 84.9 Å². The number of rotatable bonds is 9. The summed E-state index contributed by atoms with van der Waals surface area (Å²) in [5.41, 5.74) is 4.90. The molecule has 1 aliphatic carbocycles. The van der Waals surface area contributed by atoms with Gasteiger partial charge in [0.05, 0.1) is 0 Å². The molecule has 0 bridgehead atoms. The highest BCUT2D eigenvalue weighted by molar-refractivity contribution is 6.33.